The van der Waals surface area contributed by atoms with Crippen molar-refractivity contribution in [2.24, 2.45) is 5.92 Å². The van der Waals surface area contributed by atoms with E-state index in [9.17, 15) is 26.3 Å². The van der Waals surface area contributed by atoms with Crippen LogP contribution in [0.15, 0.2) is 18.2 Å². The van der Waals surface area contributed by atoms with Gasteiger partial charge in [-0.1, -0.05) is 13.8 Å². The van der Waals surface area contributed by atoms with Crippen molar-refractivity contribution in [2.45, 2.75) is 45.7 Å². The maximum Gasteiger partial charge on any atom is 0.416 e. The minimum absolute atomic E-state index is 0.0196. The lowest BCUT2D eigenvalue weighted by Gasteiger charge is -2.19. The average Bonchev–Trinajstić information content (AvgIpc) is 2.33. The van der Waals surface area contributed by atoms with Crippen molar-refractivity contribution in [3.8, 4) is 0 Å². The number of rotatable bonds is 4. The molecule has 1 aromatic rings. The van der Waals surface area contributed by atoms with Crippen molar-refractivity contribution in [2.75, 3.05) is 0 Å². The van der Waals surface area contributed by atoms with E-state index in [-0.39, 0.29) is 30.1 Å². The second-order valence-electron chi connectivity index (χ2n) is 5.33. The SMILES string of the molecule is CC(C)C(C)NCc1cc(C(F)(F)F)cc(C(F)(F)F)c1. The maximum absolute atomic E-state index is 12.7. The lowest BCUT2D eigenvalue weighted by molar-refractivity contribution is -0.143. The van der Waals surface area contributed by atoms with E-state index in [0.717, 1.165) is 12.1 Å². The molecule has 0 bridgehead atoms. The first-order valence-corrected chi connectivity index (χ1v) is 6.43. The van der Waals surface area contributed by atoms with E-state index in [1.807, 2.05) is 20.8 Å². The number of benzene rings is 1. The Labute approximate surface area is 119 Å². The van der Waals surface area contributed by atoms with Gasteiger partial charge in [0, 0.05) is 12.6 Å². The van der Waals surface area contributed by atoms with Crippen LogP contribution in [-0.2, 0) is 18.9 Å². The molecule has 0 spiro atoms. The Morgan fingerprint density at radius 1 is 0.857 bits per heavy atom. The number of hydrogen-bond donors (Lipinski definition) is 1. The first-order chi connectivity index (χ1) is 9.41. The lowest BCUT2D eigenvalue weighted by atomic mass is 10.0. The molecular formula is C14H17F6N. The second kappa shape index (κ2) is 6.25. The van der Waals surface area contributed by atoms with E-state index in [1.54, 1.807) is 0 Å². The number of nitrogens with one attached hydrogen (secondary N) is 1. The molecule has 1 unspecified atom stereocenters. The van der Waals surface area contributed by atoms with Crippen LogP contribution in [0.4, 0.5) is 26.3 Å². The number of hydrogen-bond acceptors (Lipinski definition) is 1. The highest BCUT2D eigenvalue weighted by molar-refractivity contribution is 5.33. The summed E-state index contributed by atoms with van der Waals surface area (Å²) in [6.07, 6.45) is -9.61. The molecule has 1 nitrogen and oxygen atoms in total. The fourth-order valence-electron chi connectivity index (χ4n) is 1.64. The van der Waals surface area contributed by atoms with Gasteiger partial charge in [-0.3, -0.25) is 0 Å². The van der Waals surface area contributed by atoms with Crippen LogP contribution >= 0.6 is 0 Å². The van der Waals surface area contributed by atoms with Crippen LogP contribution in [-0.4, -0.2) is 6.04 Å². The molecular weight excluding hydrogens is 296 g/mol. The van der Waals surface area contributed by atoms with E-state index in [1.165, 1.54) is 0 Å². The molecule has 1 N–H and O–H groups in total. The van der Waals surface area contributed by atoms with Gasteiger partial charge in [-0.05, 0) is 36.6 Å². The van der Waals surface area contributed by atoms with Crippen LogP contribution in [0.1, 0.15) is 37.5 Å². The van der Waals surface area contributed by atoms with Crippen LogP contribution in [0.25, 0.3) is 0 Å². The summed E-state index contributed by atoms with van der Waals surface area (Å²) in [7, 11) is 0. The summed E-state index contributed by atoms with van der Waals surface area (Å²) >= 11 is 0. The first-order valence-electron chi connectivity index (χ1n) is 6.43. The Morgan fingerprint density at radius 2 is 1.29 bits per heavy atom. The predicted octanol–water partition coefficient (Wildman–Crippen LogP) is 4.86. The van der Waals surface area contributed by atoms with Crippen molar-refractivity contribution in [1.29, 1.82) is 0 Å². The van der Waals surface area contributed by atoms with Gasteiger partial charge in [0.25, 0.3) is 0 Å². The van der Waals surface area contributed by atoms with Gasteiger partial charge in [-0.2, -0.15) is 26.3 Å². The van der Waals surface area contributed by atoms with Gasteiger partial charge in [0.15, 0.2) is 0 Å². The summed E-state index contributed by atoms with van der Waals surface area (Å²) in [5, 5.41) is 2.92. The molecule has 1 aromatic carbocycles. The normalized spacial score (nSPS) is 14.6. The van der Waals surface area contributed by atoms with E-state index < -0.39 is 23.5 Å². The molecule has 1 atom stereocenters. The smallest absolute Gasteiger partial charge is 0.310 e. The standard InChI is InChI=1S/C14H17F6N/c1-8(2)9(3)21-7-10-4-11(13(15,16)17)6-12(5-10)14(18,19)20/h4-6,8-9,21H,7H2,1-3H3. The van der Waals surface area contributed by atoms with Crippen molar-refractivity contribution in [1.82, 2.24) is 5.32 Å². The summed E-state index contributed by atoms with van der Waals surface area (Å²) in [5.41, 5.74) is -2.61. The minimum atomic E-state index is -4.81. The van der Waals surface area contributed by atoms with Gasteiger partial charge in [0.2, 0.25) is 0 Å². The van der Waals surface area contributed by atoms with E-state index in [2.05, 4.69) is 5.32 Å². The molecule has 0 aliphatic carbocycles. The van der Waals surface area contributed by atoms with Crippen LogP contribution in [0.5, 0.6) is 0 Å². The largest absolute Gasteiger partial charge is 0.416 e. The highest BCUT2D eigenvalue weighted by Gasteiger charge is 2.36. The maximum atomic E-state index is 12.7. The Kier molecular flexibility index (Phi) is 5.30. The summed E-state index contributed by atoms with van der Waals surface area (Å²) in [4.78, 5) is 0. The molecule has 1 rings (SSSR count). The van der Waals surface area contributed by atoms with Crippen LogP contribution in [0, 0.1) is 5.92 Å². The van der Waals surface area contributed by atoms with Crippen molar-refractivity contribution >= 4 is 0 Å². The van der Waals surface area contributed by atoms with Crippen LogP contribution in [0.2, 0.25) is 0 Å². The monoisotopic (exact) mass is 313 g/mol. The zero-order valence-corrected chi connectivity index (χ0v) is 11.9. The Balaban J connectivity index is 3.09. The molecule has 0 aliphatic rings. The zero-order valence-electron chi connectivity index (χ0n) is 11.9. The van der Waals surface area contributed by atoms with Crippen LogP contribution < -0.4 is 5.32 Å². The third kappa shape index (κ3) is 5.22. The van der Waals surface area contributed by atoms with Gasteiger partial charge < -0.3 is 5.32 Å². The number of alkyl halides is 6. The molecule has 120 valence electrons. The van der Waals surface area contributed by atoms with Crippen molar-refractivity contribution < 1.29 is 26.3 Å². The molecule has 0 saturated heterocycles. The van der Waals surface area contributed by atoms with Gasteiger partial charge in [0.05, 0.1) is 11.1 Å². The first kappa shape index (κ1) is 17.8. The molecule has 0 aromatic heterocycles. The highest BCUT2D eigenvalue weighted by Crippen LogP contribution is 2.36. The summed E-state index contributed by atoms with van der Waals surface area (Å²) in [5.74, 6) is 0.220. The van der Waals surface area contributed by atoms with Gasteiger partial charge in [-0.15, -0.1) is 0 Å². The molecule has 0 radical (unpaired) electrons. The minimum Gasteiger partial charge on any atom is -0.310 e. The number of halogens is 6. The summed E-state index contributed by atoms with van der Waals surface area (Å²) < 4.78 is 76.1. The molecule has 0 aliphatic heterocycles. The molecule has 21 heavy (non-hydrogen) atoms. The fourth-order valence-corrected chi connectivity index (χ4v) is 1.64. The Bertz CT molecular complexity index is 443. The molecule has 0 amide bonds. The summed E-state index contributed by atoms with van der Waals surface area (Å²) in [6, 6.07) is 1.61. The van der Waals surface area contributed by atoms with Gasteiger partial charge in [-0.25, -0.2) is 0 Å². The van der Waals surface area contributed by atoms with E-state index in [0.29, 0.717) is 0 Å². The van der Waals surface area contributed by atoms with Crippen molar-refractivity contribution in [3.05, 3.63) is 34.9 Å². The topological polar surface area (TPSA) is 12.0 Å². The fraction of sp³-hybridized carbons (Fsp3) is 0.571. The van der Waals surface area contributed by atoms with E-state index in [4.69, 9.17) is 0 Å². The second-order valence-corrected chi connectivity index (χ2v) is 5.33. The lowest BCUT2D eigenvalue weighted by Crippen LogP contribution is -2.30. The molecule has 0 fully saturated rings. The van der Waals surface area contributed by atoms with Gasteiger partial charge >= 0.3 is 12.4 Å². The Morgan fingerprint density at radius 3 is 1.62 bits per heavy atom. The quantitative estimate of drug-likeness (QED) is 0.783. The average molecular weight is 313 g/mol. The third-order valence-corrected chi connectivity index (χ3v) is 3.28. The zero-order chi connectivity index (χ0) is 16.4. The molecule has 7 heteroatoms. The highest BCUT2D eigenvalue weighted by atomic mass is 19.4. The van der Waals surface area contributed by atoms with Gasteiger partial charge in [0.1, 0.15) is 0 Å². The molecule has 0 heterocycles. The van der Waals surface area contributed by atoms with Crippen molar-refractivity contribution in [3.63, 3.8) is 0 Å². The Hall–Kier alpha value is -1.24. The molecule has 0 saturated carbocycles. The van der Waals surface area contributed by atoms with E-state index >= 15 is 0 Å². The van der Waals surface area contributed by atoms with Crippen LogP contribution in [0.3, 0.4) is 0 Å². The third-order valence-electron chi connectivity index (χ3n) is 3.28. The predicted molar refractivity (Wildman–Crippen MR) is 67.6 cm³/mol. The summed E-state index contributed by atoms with van der Waals surface area (Å²) in [6.45, 7) is 5.59.